The molecule has 0 aliphatic carbocycles. The quantitative estimate of drug-likeness (QED) is 0.849. The van der Waals surface area contributed by atoms with Gasteiger partial charge in [-0.2, -0.15) is 0 Å². The van der Waals surface area contributed by atoms with Gasteiger partial charge in [-0.05, 0) is 17.7 Å². The Morgan fingerprint density at radius 1 is 1.12 bits per heavy atom. The first-order valence-electron chi connectivity index (χ1n) is 5.19. The molecular formula is C13H14N2O. The smallest absolute Gasteiger partial charge is 0.168 e. The van der Waals surface area contributed by atoms with Crippen molar-refractivity contribution in [1.82, 2.24) is 4.98 Å². The number of hydrogen-bond acceptors (Lipinski definition) is 3. The minimum atomic E-state index is 0.557. The van der Waals surface area contributed by atoms with Crippen LogP contribution in [0.15, 0.2) is 48.7 Å². The first-order valence-corrected chi connectivity index (χ1v) is 5.19. The number of rotatable bonds is 4. The molecular weight excluding hydrogens is 200 g/mol. The second-order valence-corrected chi connectivity index (χ2v) is 3.37. The number of benzene rings is 1. The van der Waals surface area contributed by atoms with Gasteiger partial charge in [0.25, 0.3) is 0 Å². The van der Waals surface area contributed by atoms with Gasteiger partial charge >= 0.3 is 0 Å². The fraction of sp³-hybridized carbons (Fsp3) is 0.154. The summed E-state index contributed by atoms with van der Waals surface area (Å²) in [4.78, 5) is 4.17. The maximum Gasteiger partial charge on any atom is 0.168 e. The van der Waals surface area contributed by atoms with E-state index in [0.717, 1.165) is 17.1 Å². The molecule has 1 aromatic heterocycles. The van der Waals surface area contributed by atoms with Gasteiger partial charge in [-0.3, -0.25) is 0 Å². The fourth-order valence-corrected chi connectivity index (χ4v) is 1.43. The summed E-state index contributed by atoms with van der Waals surface area (Å²) in [6.07, 6.45) is 1.74. The van der Waals surface area contributed by atoms with E-state index >= 15 is 0 Å². The monoisotopic (exact) mass is 214 g/mol. The predicted molar refractivity (Wildman–Crippen MR) is 64.6 cm³/mol. The van der Waals surface area contributed by atoms with E-state index < -0.39 is 0 Å². The third-order valence-electron chi connectivity index (χ3n) is 2.24. The molecule has 1 aromatic carbocycles. The van der Waals surface area contributed by atoms with E-state index in [0.29, 0.717) is 6.61 Å². The van der Waals surface area contributed by atoms with Crippen molar-refractivity contribution < 1.29 is 4.74 Å². The normalized spacial score (nSPS) is 9.81. The lowest BCUT2D eigenvalue weighted by Gasteiger charge is -2.09. The zero-order valence-corrected chi connectivity index (χ0v) is 9.18. The van der Waals surface area contributed by atoms with E-state index in [9.17, 15) is 0 Å². The molecule has 2 aromatic rings. The average Bonchev–Trinajstić information content (AvgIpc) is 2.38. The summed E-state index contributed by atoms with van der Waals surface area (Å²) in [7, 11) is 1.83. The summed E-state index contributed by atoms with van der Waals surface area (Å²) >= 11 is 0. The Hall–Kier alpha value is -2.03. The first-order chi connectivity index (χ1) is 7.90. The van der Waals surface area contributed by atoms with Crippen LogP contribution in [0.5, 0.6) is 5.75 Å². The third kappa shape index (κ3) is 2.51. The molecule has 0 saturated heterocycles. The minimum absolute atomic E-state index is 0.557. The highest BCUT2D eigenvalue weighted by molar-refractivity contribution is 5.48. The summed E-state index contributed by atoms with van der Waals surface area (Å²) in [6.45, 7) is 0.557. The van der Waals surface area contributed by atoms with E-state index in [1.54, 1.807) is 6.20 Å². The van der Waals surface area contributed by atoms with E-state index in [1.807, 2.05) is 49.5 Å². The van der Waals surface area contributed by atoms with Gasteiger partial charge in [0, 0.05) is 13.2 Å². The third-order valence-corrected chi connectivity index (χ3v) is 2.24. The molecule has 0 bridgehead atoms. The van der Waals surface area contributed by atoms with Crippen LogP contribution < -0.4 is 10.1 Å². The molecule has 3 heteroatoms. The molecule has 0 aliphatic rings. The number of aromatic nitrogens is 1. The standard InChI is InChI=1S/C13H14N2O/c1-14-13-12(8-5-9-15-13)16-10-11-6-3-2-4-7-11/h2-9H,10H2,1H3,(H,14,15). The van der Waals surface area contributed by atoms with Crippen LogP contribution in [0.3, 0.4) is 0 Å². The van der Waals surface area contributed by atoms with E-state index in [2.05, 4.69) is 10.3 Å². The molecule has 0 atom stereocenters. The van der Waals surface area contributed by atoms with Gasteiger partial charge in [-0.1, -0.05) is 30.3 Å². The second-order valence-electron chi connectivity index (χ2n) is 3.37. The Morgan fingerprint density at radius 2 is 1.94 bits per heavy atom. The summed E-state index contributed by atoms with van der Waals surface area (Å²) in [5.74, 6) is 1.53. The van der Waals surface area contributed by atoms with Crippen molar-refractivity contribution in [3.63, 3.8) is 0 Å². The summed E-state index contributed by atoms with van der Waals surface area (Å²) in [5, 5.41) is 3.00. The van der Waals surface area contributed by atoms with Gasteiger partial charge in [0.2, 0.25) is 0 Å². The van der Waals surface area contributed by atoms with Crippen LogP contribution in [0.1, 0.15) is 5.56 Å². The molecule has 0 fully saturated rings. The molecule has 0 unspecified atom stereocenters. The Balaban J connectivity index is 2.05. The first kappa shape index (κ1) is 10.5. The van der Waals surface area contributed by atoms with Crippen molar-refractivity contribution in [2.75, 3.05) is 12.4 Å². The lowest BCUT2D eigenvalue weighted by atomic mass is 10.2. The van der Waals surface area contributed by atoms with Crippen LogP contribution in [-0.4, -0.2) is 12.0 Å². The summed E-state index contributed by atoms with van der Waals surface area (Å²) in [6, 6.07) is 13.8. The van der Waals surface area contributed by atoms with Crippen molar-refractivity contribution in [1.29, 1.82) is 0 Å². The SMILES string of the molecule is CNc1ncccc1OCc1ccccc1. The lowest BCUT2D eigenvalue weighted by Crippen LogP contribution is -2.00. The zero-order valence-electron chi connectivity index (χ0n) is 9.18. The van der Waals surface area contributed by atoms with Crippen LogP contribution in [-0.2, 0) is 6.61 Å². The van der Waals surface area contributed by atoms with Crippen molar-refractivity contribution in [3.8, 4) is 5.75 Å². The summed E-state index contributed by atoms with van der Waals surface area (Å²) < 4.78 is 5.69. The number of ether oxygens (including phenoxy) is 1. The Labute approximate surface area is 95.1 Å². The van der Waals surface area contributed by atoms with Gasteiger partial charge in [-0.25, -0.2) is 4.98 Å². The van der Waals surface area contributed by atoms with Gasteiger partial charge in [0.1, 0.15) is 6.61 Å². The predicted octanol–water partition coefficient (Wildman–Crippen LogP) is 2.70. The largest absolute Gasteiger partial charge is 0.485 e. The van der Waals surface area contributed by atoms with Crippen LogP contribution in [0.2, 0.25) is 0 Å². The van der Waals surface area contributed by atoms with Gasteiger partial charge in [-0.15, -0.1) is 0 Å². The summed E-state index contributed by atoms with van der Waals surface area (Å²) in [5.41, 5.74) is 1.15. The van der Waals surface area contributed by atoms with Crippen molar-refractivity contribution in [2.24, 2.45) is 0 Å². The van der Waals surface area contributed by atoms with E-state index in [-0.39, 0.29) is 0 Å². The number of anilines is 1. The minimum Gasteiger partial charge on any atom is -0.485 e. The van der Waals surface area contributed by atoms with Gasteiger partial charge in [0.05, 0.1) is 0 Å². The maximum absolute atomic E-state index is 5.69. The molecule has 3 nitrogen and oxygen atoms in total. The molecule has 0 saturated carbocycles. The number of hydrogen-bond donors (Lipinski definition) is 1. The average molecular weight is 214 g/mol. The Bertz CT molecular complexity index is 443. The highest BCUT2D eigenvalue weighted by atomic mass is 16.5. The van der Waals surface area contributed by atoms with Crippen LogP contribution in [0.25, 0.3) is 0 Å². The fourth-order valence-electron chi connectivity index (χ4n) is 1.43. The number of nitrogens with zero attached hydrogens (tertiary/aromatic N) is 1. The van der Waals surface area contributed by atoms with Gasteiger partial charge < -0.3 is 10.1 Å². The van der Waals surface area contributed by atoms with Crippen LogP contribution in [0, 0.1) is 0 Å². The lowest BCUT2D eigenvalue weighted by molar-refractivity contribution is 0.307. The number of pyridine rings is 1. The Morgan fingerprint density at radius 3 is 2.69 bits per heavy atom. The highest BCUT2D eigenvalue weighted by Crippen LogP contribution is 2.21. The molecule has 16 heavy (non-hydrogen) atoms. The molecule has 0 amide bonds. The topological polar surface area (TPSA) is 34.2 Å². The molecule has 82 valence electrons. The Kier molecular flexibility index (Phi) is 3.38. The highest BCUT2D eigenvalue weighted by Gasteiger charge is 2.01. The maximum atomic E-state index is 5.69. The van der Waals surface area contributed by atoms with E-state index in [1.165, 1.54) is 0 Å². The molecule has 1 N–H and O–H groups in total. The molecule has 1 heterocycles. The van der Waals surface area contributed by atoms with E-state index in [4.69, 9.17) is 4.74 Å². The van der Waals surface area contributed by atoms with Crippen molar-refractivity contribution in [3.05, 3.63) is 54.2 Å². The second kappa shape index (κ2) is 5.16. The molecule has 0 radical (unpaired) electrons. The molecule has 0 spiro atoms. The van der Waals surface area contributed by atoms with Crippen molar-refractivity contribution in [2.45, 2.75) is 6.61 Å². The van der Waals surface area contributed by atoms with Crippen LogP contribution in [0.4, 0.5) is 5.82 Å². The van der Waals surface area contributed by atoms with Gasteiger partial charge in [0.15, 0.2) is 11.6 Å². The number of nitrogens with one attached hydrogen (secondary N) is 1. The molecule has 0 aliphatic heterocycles. The zero-order chi connectivity index (χ0) is 11.2. The van der Waals surface area contributed by atoms with Crippen molar-refractivity contribution >= 4 is 5.82 Å². The molecule has 2 rings (SSSR count). The van der Waals surface area contributed by atoms with Crippen LogP contribution >= 0.6 is 0 Å².